The van der Waals surface area contributed by atoms with E-state index in [1.54, 1.807) is 54.7 Å². The lowest BCUT2D eigenvalue weighted by molar-refractivity contribution is -0.908. The Morgan fingerprint density at radius 3 is 2.25 bits per heavy atom. The number of benzene rings is 3. The van der Waals surface area contributed by atoms with Gasteiger partial charge in [0.25, 0.3) is 0 Å². The van der Waals surface area contributed by atoms with Crippen LogP contribution in [-0.4, -0.2) is 83.0 Å². The van der Waals surface area contributed by atoms with Gasteiger partial charge in [0.15, 0.2) is 5.82 Å². The number of halogens is 3. The highest BCUT2D eigenvalue weighted by Gasteiger charge is 2.41. The number of pyridine rings is 1. The topological polar surface area (TPSA) is 83.4 Å². The fourth-order valence-corrected chi connectivity index (χ4v) is 8.87. The molecule has 4 aliphatic rings. The Labute approximate surface area is 338 Å². The molecule has 6 heterocycles. The van der Waals surface area contributed by atoms with Gasteiger partial charge in [-0.25, -0.2) is 8.78 Å². The molecule has 0 amide bonds. The molecular weight excluding hydrogens is 758 g/mol. The number of piperazine rings is 1. The minimum absolute atomic E-state index is 0. The number of aromatic hydroxyl groups is 1. The van der Waals surface area contributed by atoms with E-state index in [1.807, 2.05) is 13.8 Å². The Hall–Kier alpha value is -3.86. The van der Waals surface area contributed by atoms with E-state index in [9.17, 15) is 4.39 Å². The molecule has 3 aromatic carbocycles. The number of ether oxygens (including phenoxy) is 1. The van der Waals surface area contributed by atoms with Gasteiger partial charge in [0.2, 0.25) is 0 Å². The van der Waals surface area contributed by atoms with Crippen molar-refractivity contribution in [3.63, 3.8) is 0 Å². The van der Waals surface area contributed by atoms with Crippen molar-refractivity contribution < 1.29 is 23.1 Å². The van der Waals surface area contributed by atoms with Crippen LogP contribution in [-0.2, 0) is 0 Å². The number of anilines is 1. The standard InChI is InChI=1S/C26H21F2N5O.C8H16N.C6H5ClOS.C2H6.H2S/c1-3-17-20(27)10-7-14-5-4-6-18(21(14)17)23-22(28)24-19(11-29-23)25(32-26(31-24)34-2)33-12-15-8-9-16(13-33)30-15;1-9-6-2-4-8(9)5-3-7-9;7-9-6-3-1-5(8)2-4-6;1-2;/h1,4-7,10-11,15-16,30H,8-9,12-13H2,2H3;8H,2-7H2,1H3;1-4,8H;1-2H3;1H2/q;+1;;;. The molecular formula is C42H50ClF2N6O2S2+. The first-order valence-electron chi connectivity index (χ1n) is 18.7. The number of nitrogens with one attached hydrogen (secondary N) is 1. The summed E-state index contributed by atoms with van der Waals surface area (Å²) >= 11 is 0. The van der Waals surface area contributed by atoms with Crippen molar-refractivity contribution in [3.8, 4) is 35.4 Å². The zero-order valence-corrected chi connectivity index (χ0v) is 34.4. The summed E-state index contributed by atoms with van der Waals surface area (Å²) in [7, 11) is 10.4. The van der Waals surface area contributed by atoms with E-state index in [4.69, 9.17) is 26.9 Å². The summed E-state index contributed by atoms with van der Waals surface area (Å²) in [5, 5.41) is 14.0. The normalized spacial score (nSPS) is 21.9. The molecule has 9 rings (SSSR count). The van der Waals surface area contributed by atoms with Gasteiger partial charge in [-0.3, -0.25) is 4.98 Å². The van der Waals surface area contributed by atoms with Gasteiger partial charge in [-0.1, -0.05) is 44.0 Å². The monoisotopic (exact) mass is 807 g/mol. The van der Waals surface area contributed by atoms with Crippen molar-refractivity contribution in [3.05, 3.63) is 78.0 Å². The molecule has 0 spiro atoms. The van der Waals surface area contributed by atoms with Crippen LogP contribution in [0.5, 0.6) is 11.8 Å². The van der Waals surface area contributed by atoms with E-state index >= 15 is 4.39 Å². The molecule has 5 aromatic rings. The number of nitrogens with zero attached hydrogens (tertiary/aromatic N) is 5. The minimum atomic E-state index is -0.628. The first-order valence-corrected chi connectivity index (χ1v) is 20.4. The van der Waals surface area contributed by atoms with Crippen molar-refractivity contribution >= 4 is 62.6 Å². The predicted molar refractivity (Wildman–Crippen MR) is 227 cm³/mol. The van der Waals surface area contributed by atoms with Crippen LogP contribution in [0.25, 0.3) is 32.9 Å². The number of hydrogen-bond donors (Lipinski definition) is 2. The summed E-state index contributed by atoms with van der Waals surface area (Å²) in [6.45, 7) is 8.46. The number of methoxy groups -OCH3 is 1. The number of fused-ring (bicyclic) bond motifs is 5. The first kappa shape index (κ1) is 42.3. The smallest absolute Gasteiger partial charge is 0.318 e. The van der Waals surface area contributed by atoms with Gasteiger partial charge in [-0.05, 0) is 70.2 Å². The van der Waals surface area contributed by atoms with Gasteiger partial charge in [0, 0.05) is 72.9 Å². The number of hydrogen-bond acceptors (Lipinski definition) is 8. The van der Waals surface area contributed by atoms with E-state index in [2.05, 4.69) is 38.1 Å². The Morgan fingerprint density at radius 1 is 0.982 bits per heavy atom. The molecule has 2 bridgehead atoms. The lowest BCUT2D eigenvalue weighted by Crippen LogP contribution is -2.51. The summed E-state index contributed by atoms with van der Waals surface area (Å²) in [5.74, 6) is 2.11. The number of quaternary nitrogens is 1. The molecule has 55 heavy (non-hydrogen) atoms. The molecule has 0 saturated carbocycles. The van der Waals surface area contributed by atoms with Gasteiger partial charge in [-0.2, -0.15) is 23.5 Å². The van der Waals surface area contributed by atoms with Crippen molar-refractivity contribution in [2.75, 3.05) is 45.2 Å². The second-order valence-electron chi connectivity index (χ2n) is 14.2. The Balaban J connectivity index is 0.000000225. The van der Waals surface area contributed by atoms with Crippen molar-refractivity contribution in [2.24, 2.45) is 0 Å². The molecule has 2 N–H and O–H groups in total. The highest BCUT2D eigenvalue weighted by molar-refractivity contribution is 8.21. The van der Waals surface area contributed by atoms with E-state index in [0.29, 0.717) is 39.6 Å². The van der Waals surface area contributed by atoms with Gasteiger partial charge < -0.3 is 24.5 Å². The van der Waals surface area contributed by atoms with Crippen molar-refractivity contribution in [2.45, 2.75) is 75.4 Å². The predicted octanol–water partition coefficient (Wildman–Crippen LogP) is 9.22. The van der Waals surface area contributed by atoms with Crippen molar-refractivity contribution in [1.82, 2.24) is 20.3 Å². The van der Waals surface area contributed by atoms with Crippen LogP contribution in [0, 0.1) is 24.0 Å². The van der Waals surface area contributed by atoms with Crippen LogP contribution in [0.4, 0.5) is 14.6 Å². The molecule has 13 heteroatoms. The number of terminal acetylenes is 1. The highest BCUT2D eigenvalue weighted by atomic mass is 35.7. The average molecular weight is 808 g/mol. The van der Waals surface area contributed by atoms with Crippen LogP contribution in [0.3, 0.4) is 0 Å². The van der Waals surface area contributed by atoms with E-state index in [0.717, 1.165) is 47.8 Å². The van der Waals surface area contributed by atoms with Crippen LogP contribution in [0.2, 0.25) is 0 Å². The van der Waals surface area contributed by atoms with Gasteiger partial charge >= 0.3 is 6.01 Å². The third-order valence-corrected chi connectivity index (χ3v) is 11.9. The minimum Gasteiger partial charge on any atom is -0.508 e. The molecule has 4 saturated heterocycles. The third-order valence-electron chi connectivity index (χ3n) is 11.0. The van der Waals surface area contributed by atoms with Crippen LogP contribution >= 0.6 is 35.2 Å². The summed E-state index contributed by atoms with van der Waals surface area (Å²) in [6.07, 6.45) is 15.4. The van der Waals surface area contributed by atoms with E-state index in [1.165, 1.54) is 56.4 Å². The zero-order chi connectivity index (χ0) is 38.4. The third kappa shape index (κ3) is 9.08. The molecule has 0 aliphatic carbocycles. The molecule has 8 nitrogen and oxygen atoms in total. The largest absolute Gasteiger partial charge is 0.508 e. The molecule has 4 fully saturated rings. The fraction of sp³-hybridized carbons (Fsp3) is 0.405. The number of phenols is 1. The van der Waals surface area contributed by atoms with Gasteiger partial charge in [-0.15, -0.1) is 6.42 Å². The lowest BCUT2D eigenvalue weighted by atomic mass is 9.96. The molecule has 292 valence electrons. The Kier molecular flexibility index (Phi) is 14.5. The van der Waals surface area contributed by atoms with Crippen LogP contribution in [0.1, 0.15) is 57.9 Å². The summed E-state index contributed by atoms with van der Waals surface area (Å²) in [6, 6.07) is 16.8. The first-order chi connectivity index (χ1) is 26.2. The molecule has 2 atom stereocenters. The summed E-state index contributed by atoms with van der Waals surface area (Å²) in [5.41, 5.74) is 0.635. The maximum absolute atomic E-state index is 16.1. The molecule has 0 radical (unpaired) electrons. The van der Waals surface area contributed by atoms with Gasteiger partial charge in [0.05, 0.1) is 44.2 Å². The number of phenolic OH excluding ortho intramolecular Hbond substituents is 1. The summed E-state index contributed by atoms with van der Waals surface area (Å²) < 4.78 is 37.3. The SMILES string of the molecule is C#Cc1c(F)ccc2cccc(-c3ncc4c(N5CC6CCC(C5)N6)nc(OC)nc4c3F)c12.CC.C[N+]12CCCC1CCC2.Oc1ccc(SCl)cc1.S. The fourth-order valence-electron chi connectivity index (χ4n) is 8.32. The number of rotatable bonds is 4. The van der Waals surface area contributed by atoms with Crippen LogP contribution in [0.15, 0.2) is 65.7 Å². The Morgan fingerprint density at radius 2 is 1.65 bits per heavy atom. The quantitative estimate of drug-likeness (QED) is 0.138. The highest BCUT2D eigenvalue weighted by Crippen LogP contribution is 2.38. The average Bonchev–Trinajstić information content (AvgIpc) is 3.87. The second-order valence-corrected chi connectivity index (χ2v) is 15.3. The Bertz CT molecular complexity index is 2110. The lowest BCUT2D eigenvalue weighted by Gasteiger charge is -2.34. The molecule has 4 aliphatic heterocycles. The maximum Gasteiger partial charge on any atom is 0.318 e. The second kappa shape index (κ2) is 18.9. The zero-order valence-electron chi connectivity index (χ0n) is 31.8. The molecule has 2 aromatic heterocycles. The summed E-state index contributed by atoms with van der Waals surface area (Å²) in [4.78, 5) is 16.4. The van der Waals surface area contributed by atoms with Crippen molar-refractivity contribution in [1.29, 1.82) is 0 Å². The van der Waals surface area contributed by atoms with Gasteiger partial charge in [0.1, 0.15) is 28.6 Å². The number of aromatic nitrogens is 3. The maximum atomic E-state index is 16.1. The van der Waals surface area contributed by atoms with E-state index in [-0.39, 0.29) is 42.0 Å². The van der Waals surface area contributed by atoms with E-state index < -0.39 is 11.6 Å². The van der Waals surface area contributed by atoms with Crippen LogP contribution < -0.4 is 15.0 Å². The molecule has 2 unspecified atom stereocenters.